The van der Waals surface area contributed by atoms with Gasteiger partial charge in [0.1, 0.15) is 0 Å². The highest BCUT2D eigenvalue weighted by Crippen LogP contribution is 2.36. The molecule has 0 spiro atoms. The van der Waals surface area contributed by atoms with Gasteiger partial charge in [0.25, 0.3) is 5.91 Å². The Kier molecular flexibility index (Phi) is 5.45. The average Bonchev–Trinajstić information content (AvgIpc) is 3.52. The van der Waals surface area contributed by atoms with Crippen molar-refractivity contribution in [2.24, 2.45) is 0 Å². The van der Waals surface area contributed by atoms with E-state index in [4.69, 9.17) is 14.0 Å². The van der Waals surface area contributed by atoms with E-state index < -0.39 is 0 Å². The van der Waals surface area contributed by atoms with Crippen molar-refractivity contribution in [3.8, 4) is 22.9 Å². The van der Waals surface area contributed by atoms with Crippen molar-refractivity contribution in [1.29, 1.82) is 0 Å². The minimum Gasteiger partial charge on any atom is -0.454 e. The van der Waals surface area contributed by atoms with Gasteiger partial charge in [-0.25, -0.2) is 0 Å². The lowest BCUT2D eigenvalue weighted by molar-refractivity contribution is -0.131. The fourth-order valence-corrected chi connectivity index (χ4v) is 3.89. The molecule has 3 heterocycles. The first-order valence-electron chi connectivity index (χ1n) is 10.5. The van der Waals surface area contributed by atoms with Crippen LogP contribution >= 0.6 is 0 Å². The van der Waals surface area contributed by atoms with Crippen LogP contribution in [0.25, 0.3) is 11.4 Å². The molecule has 9 nitrogen and oxygen atoms in total. The van der Waals surface area contributed by atoms with Crippen molar-refractivity contribution in [1.82, 2.24) is 20.4 Å². The number of aromatic nitrogens is 2. The third-order valence-electron chi connectivity index (χ3n) is 5.71. The van der Waals surface area contributed by atoms with Gasteiger partial charge in [0.15, 0.2) is 11.5 Å². The lowest BCUT2D eigenvalue weighted by atomic mass is 9.96. The molecule has 0 radical (unpaired) electrons. The predicted molar refractivity (Wildman–Crippen MR) is 113 cm³/mol. The zero-order valence-corrected chi connectivity index (χ0v) is 17.3. The molecule has 0 atom stereocenters. The number of fused-ring (bicyclic) bond motifs is 1. The summed E-state index contributed by atoms with van der Waals surface area (Å²) in [6.07, 6.45) is 1.45. The Morgan fingerprint density at radius 1 is 1.03 bits per heavy atom. The van der Waals surface area contributed by atoms with E-state index >= 15 is 0 Å². The van der Waals surface area contributed by atoms with Gasteiger partial charge in [0.2, 0.25) is 24.4 Å². The summed E-state index contributed by atoms with van der Waals surface area (Å²) >= 11 is 0. The highest BCUT2D eigenvalue weighted by molar-refractivity contribution is 5.96. The Morgan fingerprint density at radius 2 is 1.81 bits per heavy atom. The number of nitrogens with zero attached hydrogens (tertiary/aromatic N) is 3. The van der Waals surface area contributed by atoms with Crippen LogP contribution in [0.5, 0.6) is 11.5 Å². The molecular formula is C23H22N4O5. The van der Waals surface area contributed by atoms with E-state index in [0.717, 1.165) is 18.4 Å². The van der Waals surface area contributed by atoms with Gasteiger partial charge in [0.05, 0.1) is 6.54 Å². The smallest absolute Gasteiger partial charge is 0.251 e. The Morgan fingerprint density at radius 3 is 2.62 bits per heavy atom. The maximum atomic E-state index is 12.5. The van der Waals surface area contributed by atoms with Gasteiger partial charge in [-0.2, -0.15) is 4.98 Å². The van der Waals surface area contributed by atoms with Crippen molar-refractivity contribution in [3.05, 3.63) is 60.0 Å². The molecule has 2 aliphatic rings. The normalized spacial score (nSPS) is 15.6. The first kappa shape index (κ1) is 20.0. The van der Waals surface area contributed by atoms with Crippen molar-refractivity contribution < 1.29 is 23.6 Å². The van der Waals surface area contributed by atoms with Gasteiger partial charge in [-0.15, -0.1) is 0 Å². The zero-order chi connectivity index (χ0) is 21.9. The van der Waals surface area contributed by atoms with Gasteiger partial charge in [-0.1, -0.05) is 23.4 Å². The monoisotopic (exact) mass is 434 g/mol. The summed E-state index contributed by atoms with van der Waals surface area (Å²) in [5.41, 5.74) is 1.33. The summed E-state index contributed by atoms with van der Waals surface area (Å²) in [6.45, 7) is 1.34. The maximum absolute atomic E-state index is 12.5. The number of carbonyl (C=O) groups excluding carboxylic acids is 2. The summed E-state index contributed by atoms with van der Waals surface area (Å²) in [5.74, 6) is 2.18. The number of amides is 2. The van der Waals surface area contributed by atoms with Crippen molar-refractivity contribution >= 4 is 11.8 Å². The topological polar surface area (TPSA) is 107 Å². The summed E-state index contributed by atoms with van der Waals surface area (Å²) < 4.78 is 16.2. The number of likely N-dealkylation sites (tertiary alicyclic amines) is 1. The molecule has 0 unspecified atom stereocenters. The molecule has 0 bridgehead atoms. The lowest BCUT2D eigenvalue weighted by Crippen LogP contribution is -2.43. The van der Waals surface area contributed by atoms with Crippen LogP contribution < -0.4 is 14.8 Å². The molecule has 5 rings (SSSR count). The number of ether oxygens (including phenoxy) is 2. The van der Waals surface area contributed by atoms with Crippen LogP contribution in [0.3, 0.4) is 0 Å². The Hall–Kier alpha value is -3.88. The SMILES string of the molecule is O=C(NCC(=O)N1CCC(c2nc(-c3ccc4c(c3)OCO4)no2)CC1)c1ccccc1. The molecule has 0 aliphatic carbocycles. The summed E-state index contributed by atoms with van der Waals surface area (Å²) in [6, 6.07) is 14.4. The average molecular weight is 434 g/mol. The fraction of sp³-hybridized carbons (Fsp3) is 0.304. The van der Waals surface area contributed by atoms with E-state index in [0.29, 0.717) is 41.9 Å². The molecule has 1 fully saturated rings. The van der Waals surface area contributed by atoms with Crippen molar-refractivity contribution in [2.45, 2.75) is 18.8 Å². The Balaban J connectivity index is 1.14. The van der Waals surface area contributed by atoms with Crippen molar-refractivity contribution in [3.63, 3.8) is 0 Å². The van der Waals surface area contributed by atoms with Crippen LogP contribution in [0.15, 0.2) is 53.1 Å². The first-order chi connectivity index (χ1) is 15.7. The second-order valence-corrected chi connectivity index (χ2v) is 7.73. The largest absolute Gasteiger partial charge is 0.454 e. The number of hydrogen-bond acceptors (Lipinski definition) is 7. The molecule has 2 amide bonds. The van der Waals surface area contributed by atoms with Crippen LogP contribution in [0, 0.1) is 0 Å². The number of hydrogen-bond donors (Lipinski definition) is 1. The van der Waals surface area contributed by atoms with E-state index in [2.05, 4.69) is 15.5 Å². The van der Waals surface area contributed by atoms with Gasteiger partial charge in [-0.05, 0) is 43.2 Å². The molecule has 32 heavy (non-hydrogen) atoms. The van der Waals surface area contributed by atoms with Crippen LogP contribution in [0.4, 0.5) is 0 Å². The zero-order valence-electron chi connectivity index (χ0n) is 17.3. The third kappa shape index (κ3) is 4.14. The number of rotatable bonds is 5. The second-order valence-electron chi connectivity index (χ2n) is 7.73. The van der Waals surface area contributed by atoms with Crippen LogP contribution in [-0.2, 0) is 4.79 Å². The molecule has 3 aromatic rings. The number of nitrogens with one attached hydrogen (secondary N) is 1. The van der Waals surface area contributed by atoms with Gasteiger partial charge < -0.3 is 24.2 Å². The quantitative estimate of drug-likeness (QED) is 0.658. The fourth-order valence-electron chi connectivity index (χ4n) is 3.89. The van der Waals surface area contributed by atoms with Gasteiger partial charge >= 0.3 is 0 Å². The highest BCUT2D eigenvalue weighted by atomic mass is 16.7. The maximum Gasteiger partial charge on any atom is 0.251 e. The first-order valence-corrected chi connectivity index (χ1v) is 10.5. The molecule has 9 heteroatoms. The van der Waals surface area contributed by atoms with Crippen LogP contribution in [0.2, 0.25) is 0 Å². The summed E-state index contributed by atoms with van der Waals surface area (Å²) in [4.78, 5) is 30.9. The molecule has 164 valence electrons. The minimum atomic E-state index is -0.254. The summed E-state index contributed by atoms with van der Waals surface area (Å²) in [5, 5.41) is 6.80. The second kappa shape index (κ2) is 8.70. The van der Waals surface area contributed by atoms with Gasteiger partial charge in [0, 0.05) is 30.1 Å². The molecule has 1 N–H and O–H groups in total. The standard InChI is InChI=1S/C23H22N4O5/c28-20(13-24-22(29)15-4-2-1-3-5-15)27-10-8-16(9-11-27)23-25-21(26-32-23)17-6-7-18-19(12-17)31-14-30-18/h1-7,12,16H,8-11,13-14H2,(H,24,29). The summed E-state index contributed by atoms with van der Waals surface area (Å²) in [7, 11) is 0. The molecular weight excluding hydrogens is 412 g/mol. The van der Waals surface area contributed by atoms with E-state index in [1.807, 2.05) is 24.3 Å². The minimum absolute atomic E-state index is 0.0206. The Bertz CT molecular complexity index is 1120. The number of piperidine rings is 1. The van der Waals surface area contributed by atoms with E-state index in [1.54, 1.807) is 29.2 Å². The van der Waals surface area contributed by atoms with Gasteiger partial charge in [-0.3, -0.25) is 9.59 Å². The van der Waals surface area contributed by atoms with E-state index in [9.17, 15) is 9.59 Å². The van der Waals surface area contributed by atoms with Crippen LogP contribution in [-0.4, -0.2) is 53.3 Å². The van der Waals surface area contributed by atoms with E-state index in [1.165, 1.54) is 0 Å². The molecule has 1 saturated heterocycles. The molecule has 2 aromatic carbocycles. The van der Waals surface area contributed by atoms with Crippen LogP contribution in [0.1, 0.15) is 35.0 Å². The predicted octanol–water partition coefficient (Wildman–Crippen LogP) is 2.60. The van der Waals surface area contributed by atoms with Crippen molar-refractivity contribution in [2.75, 3.05) is 26.4 Å². The molecule has 1 aromatic heterocycles. The highest BCUT2D eigenvalue weighted by Gasteiger charge is 2.28. The lowest BCUT2D eigenvalue weighted by Gasteiger charge is -2.30. The van der Waals surface area contributed by atoms with E-state index in [-0.39, 0.29) is 31.1 Å². The third-order valence-corrected chi connectivity index (χ3v) is 5.71. The number of carbonyl (C=O) groups is 2. The molecule has 2 aliphatic heterocycles. The molecule has 0 saturated carbocycles. The number of benzene rings is 2. The Labute approximate surface area is 184 Å².